The van der Waals surface area contributed by atoms with Crippen LogP contribution in [-0.2, 0) is 19.6 Å². The lowest BCUT2D eigenvalue weighted by Crippen LogP contribution is -2.38. The number of methoxy groups -OCH3 is 1. The van der Waals surface area contributed by atoms with Crippen molar-refractivity contribution in [1.29, 1.82) is 0 Å². The molecule has 0 saturated heterocycles. The summed E-state index contributed by atoms with van der Waals surface area (Å²) in [6, 6.07) is 4.88. The highest BCUT2D eigenvalue weighted by atomic mass is 79.9. The van der Waals surface area contributed by atoms with E-state index in [0.717, 1.165) is 5.56 Å². The first kappa shape index (κ1) is 17.1. The van der Waals surface area contributed by atoms with Crippen molar-refractivity contribution in [2.75, 3.05) is 26.8 Å². The van der Waals surface area contributed by atoms with Crippen LogP contribution in [0.5, 0.6) is 0 Å². The summed E-state index contributed by atoms with van der Waals surface area (Å²) in [5.41, 5.74) is 0.938. The van der Waals surface area contributed by atoms with Crippen LogP contribution >= 0.6 is 15.9 Å². The van der Waals surface area contributed by atoms with Crippen molar-refractivity contribution in [3.63, 3.8) is 0 Å². The van der Waals surface area contributed by atoms with E-state index in [-0.39, 0.29) is 11.4 Å². The molecule has 0 aliphatic carbocycles. The Bertz CT molecular complexity index is 575. The average Bonchev–Trinajstić information content (AvgIpc) is 2.36. The highest BCUT2D eigenvalue weighted by Crippen LogP contribution is 2.22. The van der Waals surface area contributed by atoms with Gasteiger partial charge in [-0.05, 0) is 40.5 Å². The van der Waals surface area contributed by atoms with Gasteiger partial charge in [-0.25, -0.2) is 13.1 Å². The summed E-state index contributed by atoms with van der Waals surface area (Å²) in [5.74, 6) is -0.408. The van der Waals surface area contributed by atoms with Crippen molar-refractivity contribution < 1.29 is 17.9 Å². The van der Waals surface area contributed by atoms with Crippen LogP contribution in [0.2, 0.25) is 0 Å². The Hall–Kier alpha value is -0.960. The van der Waals surface area contributed by atoms with Gasteiger partial charge in [-0.15, -0.1) is 0 Å². The molecule has 0 fully saturated rings. The van der Waals surface area contributed by atoms with E-state index in [9.17, 15) is 13.2 Å². The standard InChI is InChI=1S/C12H17BrN2O4S/c1-9-3-4-11(10(13)7-9)20(17,18)15-8-12(16)14-5-6-19-2/h3-4,7,15H,5-6,8H2,1-2H3,(H,14,16). The molecule has 0 saturated carbocycles. The Balaban J connectivity index is 2.64. The third-order valence-electron chi connectivity index (χ3n) is 2.43. The molecule has 1 aromatic carbocycles. The number of carbonyl (C=O) groups is 1. The number of sulfonamides is 1. The molecule has 2 N–H and O–H groups in total. The van der Waals surface area contributed by atoms with Crippen molar-refractivity contribution >= 4 is 31.9 Å². The van der Waals surface area contributed by atoms with Crippen LogP contribution in [0.1, 0.15) is 5.56 Å². The maximum atomic E-state index is 12.1. The second kappa shape index (κ2) is 7.72. The van der Waals surface area contributed by atoms with Crippen molar-refractivity contribution in [3.05, 3.63) is 28.2 Å². The lowest BCUT2D eigenvalue weighted by atomic mass is 10.2. The van der Waals surface area contributed by atoms with Crippen molar-refractivity contribution in [1.82, 2.24) is 10.0 Å². The van der Waals surface area contributed by atoms with E-state index in [1.165, 1.54) is 13.2 Å². The number of ether oxygens (including phenoxy) is 1. The van der Waals surface area contributed by atoms with Gasteiger partial charge < -0.3 is 10.1 Å². The molecule has 1 amide bonds. The zero-order valence-electron chi connectivity index (χ0n) is 11.3. The largest absolute Gasteiger partial charge is 0.383 e. The molecule has 0 radical (unpaired) electrons. The lowest BCUT2D eigenvalue weighted by Gasteiger charge is -2.09. The van der Waals surface area contributed by atoms with Crippen LogP contribution in [0.25, 0.3) is 0 Å². The first-order valence-corrected chi connectivity index (χ1v) is 8.16. The van der Waals surface area contributed by atoms with Gasteiger partial charge in [0.15, 0.2) is 0 Å². The number of aryl methyl sites for hydroxylation is 1. The van der Waals surface area contributed by atoms with Crippen molar-refractivity contribution in [3.8, 4) is 0 Å². The molecule has 6 nitrogen and oxygen atoms in total. The SMILES string of the molecule is COCCNC(=O)CNS(=O)(=O)c1ccc(C)cc1Br. The van der Waals surface area contributed by atoms with E-state index in [1.807, 2.05) is 6.92 Å². The molecule has 0 aliphatic heterocycles. The van der Waals surface area contributed by atoms with Gasteiger partial charge in [0.2, 0.25) is 15.9 Å². The van der Waals surface area contributed by atoms with E-state index in [1.54, 1.807) is 12.1 Å². The lowest BCUT2D eigenvalue weighted by molar-refractivity contribution is -0.120. The van der Waals surface area contributed by atoms with Crippen molar-refractivity contribution in [2.24, 2.45) is 0 Å². The Kier molecular flexibility index (Phi) is 6.60. The topological polar surface area (TPSA) is 84.5 Å². The number of hydrogen-bond acceptors (Lipinski definition) is 4. The molecule has 0 aromatic heterocycles. The fourth-order valence-electron chi connectivity index (χ4n) is 1.42. The van der Waals surface area contributed by atoms with Gasteiger partial charge in [-0.3, -0.25) is 4.79 Å². The van der Waals surface area contributed by atoms with E-state index >= 15 is 0 Å². The quantitative estimate of drug-likeness (QED) is 0.700. The van der Waals surface area contributed by atoms with Gasteiger partial charge in [-0.1, -0.05) is 6.07 Å². The monoisotopic (exact) mass is 364 g/mol. The molecular weight excluding hydrogens is 348 g/mol. The van der Waals surface area contributed by atoms with Gasteiger partial charge in [0.05, 0.1) is 18.0 Å². The number of carbonyl (C=O) groups excluding carboxylic acids is 1. The highest BCUT2D eigenvalue weighted by molar-refractivity contribution is 9.10. The van der Waals surface area contributed by atoms with E-state index in [0.29, 0.717) is 17.6 Å². The van der Waals surface area contributed by atoms with Crippen LogP contribution in [0.4, 0.5) is 0 Å². The first-order chi connectivity index (χ1) is 9.36. The Labute approximate surface area is 127 Å². The maximum absolute atomic E-state index is 12.1. The van der Waals surface area contributed by atoms with E-state index < -0.39 is 15.9 Å². The van der Waals surface area contributed by atoms with Crippen LogP contribution in [0.3, 0.4) is 0 Å². The van der Waals surface area contributed by atoms with Crippen LogP contribution in [-0.4, -0.2) is 41.1 Å². The third-order valence-corrected chi connectivity index (χ3v) is 4.81. The molecule has 0 heterocycles. The van der Waals surface area contributed by atoms with Gasteiger partial charge in [-0.2, -0.15) is 0 Å². The zero-order valence-corrected chi connectivity index (χ0v) is 13.7. The van der Waals surface area contributed by atoms with Crippen LogP contribution in [0, 0.1) is 6.92 Å². The number of benzene rings is 1. The average molecular weight is 365 g/mol. The van der Waals surface area contributed by atoms with Gasteiger partial charge >= 0.3 is 0 Å². The molecule has 0 bridgehead atoms. The number of rotatable bonds is 7. The van der Waals surface area contributed by atoms with Crippen LogP contribution in [0.15, 0.2) is 27.6 Å². The molecule has 112 valence electrons. The number of hydrogen-bond donors (Lipinski definition) is 2. The minimum atomic E-state index is -3.72. The summed E-state index contributed by atoms with van der Waals surface area (Å²) in [7, 11) is -2.20. The van der Waals surface area contributed by atoms with E-state index in [2.05, 4.69) is 26.0 Å². The fourth-order valence-corrected chi connectivity index (χ4v) is 3.59. The van der Waals surface area contributed by atoms with Gasteiger partial charge in [0, 0.05) is 18.1 Å². The van der Waals surface area contributed by atoms with Crippen molar-refractivity contribution in [2.45, 2.75) is 11.8 Å². The van der Waals surface area contributed by atoms with Gasteiger partial charge in [0.1, 0.15) is 0 Å². The summed E-state index contributed by atoms with van der Waals surface area (Å²) in [5, 5.41) is 2.53. The molecule has 0 spiro atoms. The summed E-state index contributed by atoms with van der Waals surface area (Å²) >= 11 is 3.20. The number of nitrogens with one attached hydrogen (secondary N) is 2. The highest BCUT2D eigenvalue weighted by Gasteiger charge is 2.18. The normalized spacial score (nSPS) is 11.3. The summed E-state index contributed by atoms with van der Waals surface area (Å²) in [6.45, 7) is 2.26. The Morgan fingerprint density at radius 2 is 2.10 bits per heavy atom. The molecule has 8 heteroatoms. The zero-order chi connectivity index (χ0) is 15.2. The second-order valence-corrected chi connectivity index (χ2v) is 6.69. The fraction of sp³-hybridized carbons (Fsp3) is 0.417. The molecule has 1 rings (SSSR count). The first-order valence-electron chi connectivity index (χ1n) is 5.88. The molecular formula is C12H17BrN2O4S. The summed E-state index contributed by atoms with van der Waals surface area (Å²) in [4.78, 5) is 11.5. The van der Waals surface area contributed by atoms with Gasteiger partial charge in [0.25, 0.3) is 0 Å². The van der Waals surface area contributed by atoms with E-state index in [4.69, 9.17) is 4.74 Å². The molecule has 0 unspecified atom stereocenters. The molecule has 0 aliphatic rings. The molecule has 20 heavy (non-hydrogen) atoms. The summed E-state index contributed by atoms with van der Waals surface area (Å²) < 4.78 is 31.6. The third kappa shape index (κ3) is 5.20. The molecule has 1 aromatic rings. The maximum Gasteiger partial charge on any atom is 0.242 e. The smallest absolute Gasteiger partial charge is 0.242 e. The Morgan fingerprint density at radius 1 is 1.40 bits per heavy atom. The number of halogens is 1. The van der Waals surface area contributed by atoms with Crippen LogP contribution < -0.4 is 10.0 Å². The minimum absolute atomic E-state index is 0.104. The molecule has 0 atom stereocenters. The number of amides is 1. The Morgan fingerprint density at radius 3 is 2.70 bits per heavy atom. The predicted octanol–water partition coefficient (Wildman–Crippen LogP) is 0.798. The second-order valence-electron chi connectivity index (χ2n) is 4.10. The predicted molar refractivity (Wildman–Crippen MR) is 79.0 cm³/mol. The minimum Gasteiger partial charge on any atom is -0.383 e. The summed E-state index contributed by atoms with van der Waals surface area (Å²) in [6.07, 6.45) is 0.